The summed E-state index contributed by atoms with van der Waals surface area (Å²) in [4.78, 5) is 11.8. The van der Waals surface area contributed by atoms with E-state index in [-0.39, 0.29) is 5.91 Å². The molecule has 1 aliphatic heterocycles. The van der Waals surface area contributed by atoms with Crippen LogP contribution in [0.4, 0.5) is 0 Å². The molecule has 3 heteroatoms. The Morgan fingerprint density at radius 2 is 2.20 bits per heavy atom. The first-order valence-electron chi connectivity index (χ1n) is 5.18. The Hall–Kier alpha value is -1.51. The molecule has 0 aliphatic carbocycles. The molecule has 80 valence electrons. The zero-order valence-corrected chi connectivity index (χ0v) is 9.09. The van der Waals surface area contributed by atoms with E-state index in [1.54, 1.807) is 7.11 Å². The Kier molecular flexibility index (Phi) is 2.62. The molecule has 0 fully saturated rings. The third-order valence-corrected chi connectivity index (χ3v) is 2.81. The van der Waals surface area contributed by atoms with Gasteiger partial charge in [-0.1, -0.05) is 6.07 Å². The lowest BCUT2D eigenvalue weighted by Gasteiger charge is -2.12. The lowest BCUT2D eigenvalue weighted by Crippen LogP contribution is -2.23. The van der Waals surface area contributed by atoms with Crippen LogP contribution < -0.4 is 10.1 Å². The van der Waals surface area contributed by atoms with Gasteiger partial charge < -0.3 is 10.1 Å². The molecule has 0 aromatic heterocycles. The maximum atomic E-state index is 11.8. The van der Waals surface area contributed by atoms with Crippen molar-refractivity contribution in [1.82, 2.24) is 5.32 Å². The maximum absolute atomic E-state index is 11.8. The van der Waals surface area contributed by atoms with E-state index in [0.717, 1.165) is 41.8 Å². The molecule has 1 aliphatic rings. The van der Waals surface area contributed by atoms with Crippen LogP contribution in [0, 0.1) is 6.92 Å². The van der Waals surface area contributed by atoms with Gasteiger partial charge in [0.1, 0.15) is 5.75 Å². The Morgan fingerprint density at radius 3 is 2.93 bits per heavy atom. The fraction of sp³-hybridized carbons (Fsp3) is 0.417. The summed E-state index contributed by atoms with van der Waals surface area (Å²) in [5.41, 5.74) is 2.87. The second-order valence-corrected chi connectivity index (χ2v) is 3.80. The first-order valence-corrected chi connectivity index (χ1v) is 5.18. The largest absolute Gasteiger partial charge is 0.496 e. The van der Waals surface area contributed by atoms with Crippen molar-refractivity contribution in [3.63, 3.8) is 0 Å². The van der Waals surface area contributed by atoms with Gasteiger partial charge in [0, 0.05) is 17.7 Å². The Balaban J connectivity index is 2.60. The number of carbonyl (C=O) groups excluding carboxylic acids is 1. The summed E-state index contributed by atoms with van der Waals surface area (Å²) < 4.78 is 5.29. The fourth-order valence-corrected chi connectivity index (χ4v) is 2.06. The van der Waals surface area contributed by atoms with Gasteiger partial charge in [0.2, 0.25) is 0 Å². The third kappa shape index (κ3) is 1.69. The molecule has 1 heterocycles. The van der Waals surface area contributed by atoms with E-state index in [9.17, 15) is 4.79 Å². The number of fused-ring (bicyclic) bond motifs is 1. The van der Waals surface area contributed by atoms with Gasteiger partial charge in [0.05, 0.1) is 7.11 Å². The molecule has 0 atom stereocenters. The first-order chi connectivity index (χ1) is 7.24. The quantitative estimate of drug-likeness (QED) is 0.757. The van der Waals surface area contributed by atoms with Gasteiger partial charge in [-0.2, -0.15) is 0 Å². The van der Waals surface area contributed by atoms with Gasteiger partial charge in [-0.05, 0) is 31.4 Å². The van der Waals surface area contributed by atoms with Crippen LogP contribution in [0.25, 0.3) is 0 Å². The average Bonchev–Trinajstić information content (AvgIpc) is 2.42. The molecule has 0 saturated heterocycles. The molecule has 1 aromatic rings. The van der Waals surface area contributed by atoms with Crippen LogP contribution in [-0.4, -0.2) is 19.6 Å². The van der Waals surface area contributed by atoms with Crippen molar-refractivity contribution in [2.24, 2.45) is 0 Å². The van der Waals surface area contributed by atoms with E-state index in [4.69, 9.17) is 4.74 Å². The highest BCUT2D eigenvalue weighted by atomic mass is 16.5. The number of aryl methyl sites for hydroxylation is 1. The number of carbonyl (C=O) groups is 1. The zero-order chi connectivity index (χ0) is 10.8. The van der Waals surface area contributed by atoms with Gasteiger partial charge in [-0.25, -0.2) is 0 Å². The van der Waals surface area contributed by atoms with Crippen molar-refractivity contribution in [2.45, 2.75) is 19.8 Å². The van der Waals surface area contributed by atoms with Crippen molar-refractivity contribution in [3.05, 3.63) is 28.8 Å². The molecule has 1 amide bonds. The highest BCUT2D eigenvalue weighted by Crippen LogP contribution is 2.27. The van der Waals surface area contributed by atoms with Crippen LogP contribution in [0.15, 0.2) is 12.1 Å². The molecule has 0 saturated carbocycles. The predicted molar refractivity (Wildman–Crippen MR) is 58.4 cm³/mol. The monoisotopic (exact) mass is 205 g/mol. The van der Waals surface area contributed by atoms with Gasteiger partial charge in [0.25, 0.3) is 5.91 Å². The molecule has 15 heavy (non-hydrogen) atoms. The molecule has 1 N–H and O–H groups in total. The molecular weight excluding hydrogens is 190 g/mol. The zero-order valence-electron chi connectivity index (χ0n) is 9.09. The number of amides is 1. The summed E-state index contributed by atoms with van der Waals surface area (Å²) in [5.74, 6) is 0.853. The van der Waals surface area contributed by atoms with Gasteiger partial charge in [-0.15, -0.1) is 0 Å². The number of nitrogens with one attached hydrogen (secondary N) is 1. The van der Waals surface area contributed by atoms with Crippen molar-refractivity contribution in [1.29, 1.82) is 0 Å². The molecular formula is C12H15NO2. The van der Waals surface area contributed by atoms with Crippen LogP contribution in [-0.2, 0) is 6.42 Å². The predicted octanol–water partition coefficient (Wildman–Crippen LogP) is 1.68. The maximum Gasteiger partial charge on any atom is 0.251 e. The number of rotatable bonds is 1. The van der Waals surface area contributed by atoms with E-state index < -0.39 is 0 Å². The SMILES string of the molecule is COc1ccc(C)c2c1CCCNC2=O. The summed E-state index contributed by atoms with van der Waals surface area (Å²) in [7, 11) is 1.65. The fourth-order valence-electron chi connectivity index (χ4n) is 2.06. The van der Waals surface area contributed by atoms with E-state index in [1.807, 2.05) is 19.1 Å². The minimum absolute atomic E-state index is 0.0268. The molecule has 0 radical (unpaired) electrons. The highest BCUT2D eigenvalue weighted by molar-refractivity contribution is 5.98. The average molecular weight is 205 g/mol. The Morgan fingerprint density at radius 1 is 1.40 bits per heavy atom. The van der Waals surface area contributed by atoms with Crippen molar-refractivity contribution < 1.29 is 9.53 Å². The van der Waals surface area contributed by atoms with Crippen LogP contribution in [0.3, 0.4) is 0 Å². The molecule has 3 nitrogen and oxygen atoms in total. The number of methoxy groups -OCH3 is 1. The van der Waals surface area contributed by atoms with Gasteiger partial charge in [-0.3, -0.25) is 4.79 Å². The van der Waals surface area contributed by atoms with Crippen molar-refractivity contribution in [2.75, 3.05) is 13.7 Å². The summed E-state index contributed by atoms with van der Waals surface area (Å²) in [6.45, 7) is 2.71. The summed E-state index contributed by atoms with van der Waals surface area (Å²) in [6, 6.07) is 3.87. The second-order valence-electron chi connectivity index (χ2n) is 3.80. The molecule has 0 spiro atoms. The first kappa shape index (κ1) is 10.0. The van der Waals surface area contributed by atoms with Crippen LogP contribution >= 0.6 is 0 Å². The van der Waals surface area contributed by atoms with Gasteiger partial charge in [0.15, 0.2) is 0 Å². The lowest BCUT2D eigenvalue weighted by atomic mass is 9.98. The van der Waals surface area contributed by atoms with Crippen LogP contribution in [0.5, 0.6) is 5.75 Å². The topological polar surface area (TPSA) is 38.3 Å². The minimum Gasteiger partial charge on any atom is -0.496 e. The van der Waals surface area contributed by atoms with Gasteiger partial charge >= 0.3 is 0 Å². The molecule has 2 rings (SSSR count). The van der Waals surface area contributed by atoms with Crippen molar-refractivity contribution >= 4 is 5.91 Å². The standard InChI is InChI=1S/C12H15NO2/c1-8-5-6-10(15-2)9-4-3-7-13-12(14)11(8)9/h5-6H,3-4,7H2,1-2H3,(H,13,14). The summed E-state index contributed by atoms with van der Waals surface area (Å²) in [5, 5.41) is 2.90. The van der Waals surface area contributed by atoms with E-state index in [1.165, 1.54) is 0 Å². The second kappa shape index (κ2) is 3.93. The minimum atomic E-state index is 0.0268. The number of ether oxygens (including phenoxy) is 1. The summed E-state index contributed by atoms with van der Waals surface area (Å²) in [6.07, 6.45) is 1.87. The van der Waals surface area contributed by atoms with Crippen LogP contribution in [0.1, 0.15) is 27.9 Å². The smallest absolute Gasteiger partial charge is 0.251 e. The number of hydrogen-bond donors (Lipinski definition) is 1. The third-order valence-electron chi connectivity index (χ3n) is 2.81. The van der Waals surface area contributed by atoms with E-state index in [0.29, 0.717) is 0 Å². The number of benzene rings is 1. The van der Waals surface area contributed by atoms with E-state index >= 15 is 0 Å². The number of hydrogen-bond acceptors (Lipinski definition) is 2. The van der Waals surface area contributed by atoms with E-state index in [2.05, 4.69) is 5.32 Å². The lowest BCUT2D eigenvalue weighted by molar-refractivity contribution is 0.0955. The highest BCUT2D eigenvalue weighted by Gasteiger charge is 2.20. The normalized spacial score (nSPS) is 15.2. The Bertz CT molecular complexity index is 399. The molecule has 0 bridgehead atoms. The molecule has 0 unspecified atom stereocenters. The summed E-state index contributed by atoms with van der Waals surface area (Å²) >= 11 is 0. The van der Waals surface area contributed by atoms with Crippen LogP contribution in [0.2, 0.25) is 0 Å². The Labute approximate surface area is 89.4 Å². The molecule has 1 aromatic carbocycles. The van der Waals surface area contributed by atoms with Crippen molar-refractivity contribution in [3.8, 4) is 5.75 Å².